The molecule has 96 valence electrons. The zero-order valence-electron chi connectivity index (χ0n) is 10.5. The summed E-state index contributed by atoms with van der Waals surface area (Å²) in [5.41, 5.74) is 5.08. The van der Waals surface area contributed by atoms with Gasteiger partial charge in [-0.1, -0.05) is 46.3 Å². The van der Waals surface area contributed by atoms with Crippen molar-refractivity contribution in [1.82, 2.24) is 14.4 Å². The van der Waals surface area contributed by atoms with Gasteiger partial charge in [0.05, 0.1) is 34.8 Å². The lowest BCUT2D eigenvalue weighted by molar-refractivity contribution is 1.19. The van der Waals surface area contributed by atoms with Crippen LogP contribution in [0.1, 0.15) is 0 Å². The molecule has 0 saturated heterocycles. The smallest absolute Gasteiger partial charge is 0.0998 e. The summed E-state index contributed by atoms with van der Waals surface area (Å²) in [5.74, 6) is 0. The van der Waals surface area contributed by atoms with Crippen molar-refractivity contribution in [3.05, 3.63) is 65.5 Å². The van der Waals surface area contributed by atoms with E-state index in [2.05, 4.69) is 43.5 Å². The number of aromatic nitrogens is 3. The summed E-state index contributed by atoms with van der Waals surface area (Å²) < 4.78 is 3.12. The number of nitrogens with zero attached hydrogens (tertiary/aromatic N) is 3. The van der Waals surface area contributed by atoms with Crippen LogP contribution in [0.2, 0.25) is 0 Å². The normalized spacial score (nSPS) is 11.2. The first-order chi connectivity index (χ1) is 9.83. The molecule has 20 heavy (non-hydrogen) atoms. The second-order valence-electron chi connectivity index (χ2n) is 4.61. The highest BCUT2D eigenvalue weighted by Crippen LogP contribution is 2.27. The van der Waals surface area contributed by atoms with Crippen molar-refractivity contribution in [1.29, 1.82) is 0 Å². The molecule has 2 aromatic carbocycles. The summed E-state index contributed by atoms with van der Waals surface area (Å²) in [7, 11) is 0. The van der Waals surface area contributed by atoms with E-state index in [1.54, 1.807) is 0 Å². The predicted molar refractivity (Wildman–Crippen MR) is 83.6 cm³/mol. The van der Waals surface area contributed by atoms with Crippen LogP contribution in [0.15, 0.2) is 65.5 Å². The lowest BCUT2D eigenvalue weighted by Gasteiger charge is -2.08. The Hall–Kier alpha value is -2.20. The Labute approximate surface area is 124 Å². The van der Waals surface area contributed by atoms with Gasteiger partial charge in [-0.05, 0) is 18.2 Å². The quantitative estimate of drug-likeness (QED) is 0.522. The highest BCUT2D eigenvalue weighted by atomic mass is 79.9. The second kappa shape index (κ2) is 4.42. The highest BCUT2D eigenvalue weighted by Gasteiger charge is 2.10. The van der Waals surface area contributed by atoms with Crippen LogP contribution >= 0.6 is 15.9 Å². The van der Waals surface area contributed by atoms with Crippen molar-refractivity contribution in [3.63, 3.8) is 0 Å². The number of benzene rings is 2. The van der Waals surface area contributed by atoms with Gasteiger partial charge < -0.3 is 0 Å². The Morgan fingerprint density at radius 1 is 0.950 bits per heavy atom. The van der Waals surface area contributed by atoms with Gasteiger partial charge in [-0.2, -0.15) is 0 Å². The number of imidazole rings is 1. The average molecular weight is 324 g/mol. The van der Waals surface area contributed by atoms with Crippen LogP contribution < -0.4 is 0 Å². The number of rotatable bonds is 1. The van der Waals surface area contributed by atoms with E-state index in [9.17, 15) is 0 Å². The highest BCUT2D eigenvalue weighted by molar-refractivity contribution is 9.10. The molecule has 0 saturated carbocycles. The van der Waals surface area contributed by atoms with Crippen LogP contribution in [-0.2, 0) is 0 Å². The van der Waals surface area contributed by atoms with Crippen molar-refractivity contribution in [2.45, 2.75) is 0 Å². The zero-order valence-corrected chi connectivity index (χ0v) is 12.1. The van der Waals surface area contributed by atoms with Gasteiger partial charge in [0.2, 0.25) is 0 Å². The fourth-order valence-electron chi connectivity index (χ4n) is 2.43. The SMILES string of the molecule is Brc1ccc2nc(-c3ccccc3)c3cncn3c2c1. The van der Waals surface area contributed by atoms with Crippen molar-refractivity contribution < 1.29 is 0 Å². The number of hydrogen-bond acceptors (Lipinski definition) is 2. The minimum absolute atomic E-state index is 0.956. The van der Waals surface area contributed by atoms with Crippen molar-refractivity contribution in [2.24, 2.45) is 0 Å². The Kier molecular flexibility index (Phi) is 2.57. The maximum absolute atomic E-state index is 4.81. The van der Waals surface area contributed by atoms with Crippen LogP contribution in [0.25, 0.3) is 27.8 Å². The predicted octanol–water partition coefficient (Wildman–Crippen LogP) is 4.31. The van der Waals surface area contributed by atoms with Crippen molar-refractivity contribution in [3.8, 4) is 11.3 Å². The molecule has 0 radical (unpaired) electrons. The fraction of sp³-hybridized carbons (Fsp3) is 0. The number of halogens is 1. The van der Waals surface area contributed by atoms with E-state index in [1.165, 1.54) is 0 Å². The third kappa shape index (κ3) is 1.72. The first kappa shape index (κ1) is 11.6. The monoisotopic (exact) mass is 323 g/mol. The number of fused-ring (bicyclic) bond motifs is 3. The van der Waals surface area contributed by atoms with Gasteiger partial charge in [0.15, 0.2) is 0 Å². The molecule has 0 fully saturated rings. The second-order valence-corrected chi connectivity index (χ2v) is 5.52. The molecule has 0 amide bonds. The minimum atomic E-state index is 0.956. The van der Waals surface area contributed by atoms with Crippen LogP contribution in [0, 0.1) is 0 Å². The molecule has 4 aromatic rings. The molecule has 4 heteroatoms. The average Bonchev–Trinajstić information content (AvgIpc) is 2.97. The fourth-order valence-corrected chi connectivity index (χ4v) is 2.78. The molecular weight excluding hydrogens is 314 g/mol. The summed E-state index contributed by atoms with van der Waals surface area (Å²) in [4.78, 5) is 9.08. The molecule has 0 aliphatic carbocycles. The molecule has 0 aliphatic heterocycles. The zero-order chi connectivity index (χ0) is 13.5. The van der Waals surface area contributed by atoms with Crippen LogP contribution in [0.5, 0.6) is 0 Å². The molecule has 0 atom stereocenters. The minimum Gasteiger partial charge on any atom is -0.295 e. The van der Waals surface area contributed by atoms with Gasteiger partial charge in [0.1, 0.15) is 0 Å². The van der Waals surface area contributed by atoms with Gasteiger partial charge in [-0.15, -0.1) is 0 Å². The van der Waals surface area contributed by atoms with Gasteiger partial charge in [-0.25, -0.2) is 9.97 Å². The molecule has 2 aromatic heterocycles. The lowest BCUT2D eigenvalue weighted by atomic mass is 10.1. The van der Waals surface area contributed by atoms with E-state index in [-0.39, 0.29) is 0 Å². The van der Waals surface area contributed by atoms with Crippen molar-refractivity contribution >= 4 is 32.5 Å². The third-order valence-electron chi connectivity index (χ3n) is 3.36. The Balaban J connectivity index is 2.15. The molecular formula is C16H10BrN3. The van der Waals surface area contributed by atoms with E-state index < -0.39 is 0 Å². The Bertz CT molecular complexity index is 913. The van der Waals surface area contributed by atoms with E-state index in [0.717, 1.165) is 32.3 Å². The summed E-state index contributed by atoms with van der Waals surface area (Å²) in [5, 5.41) is 0. The first-order valence-corrected chi connectivity index (χ1v) is 7.09. The molecule has 0 spiro atoms. The molecule has 0 bridgehead atoms. The van der Waals surface area contributed by atoms with Crippen LogP contribution in [-0.4, -0.2) is 14.4 Å². The maximum atomic E-state index is 4.81. The van der Waals surface area contributed by atoms with E-state index >= 15 is 0 Å². The Morgan fingerprint density at radius 2 is 1.80 bits per heavy atom. The van der Waals surface area contributed by atoms with Gasteiger partial charge >= 0.3 is 0 Å². The number of hydrogen-bond donors (Lipinski definition) is 0. The van der Waals surface area contributed by atoms with Crippen molar-refractivity contribution in [2.75, 3.05) is 0 Å². The largest absolute Gasteiger partial charge is 0.295 e. The van der Waals surface area contributed by atoms with Gasteiger partial charge in [-0.3, -0.25) is 4.40 Å². The summed E-state index contributed by atoms with van der Waals surface area (Å²) in [6.07, 6.45) is 3.69. The molecule has 0 unspecified atom stereocenters. The standard InChI is InChI=1S/C16H10BrN3/c17-12-6-7-13-14(8-12)20-10-18-9-15(20)16(19-13)11-4-2-1-3-5-11/h1-10H. The first-order valence-electron chi connectivity index (χ1n) is 6.30. The maximum Gasteiger partial charge on any atom is 0.0998 e. The van der Waals surface area contributed by atoms with E-state index in [0.29, 0.717) is 0 Å². The van der Waals surface area contributed by atoms with E-state index in [4.69, 9.17) is 4.98 Å². The van der Waals surface area contributed by atoms with Gasteiger partial charge in [0, 0.05) is 10.0 Å². The summed E-state index contributed by atoms with van der Waals surface area (Å²) in [6, 6.07) is 16.3. The van der Waals surface area contributed by atoms with Crippen LogP contribution in [0.3, 0.4) is 0 Å². The van der Waals surface area contributed by atoms with Crippen LogP contribution in [0.4, 0.5) is 0 Å². The van der Waals surface area contributed by atoms with Gasteiger partial charge in [0.25, 0.3) is 0 Å². The van der Waals surface area contributed by atoms with E-state index in [1.807, 2.05) is 42.9 Å². The summed E-state index contributed by atoms with van der Waals surface area (Å²) in [6.45, 7) is 0. The third-order valence-corrected chi connectivity index (χ3v) is 3.85. The molecule has 2 heterocycles. The molecule has 3 nitrogen and oxygen atoms in total. The Morgan fingerprint density at radius 3 is 2.65 bits per heavy atom. The summed E-state index contributed by atoms with van der Waals surface area (Å²) >= 11 is 3.51. The lowest BCUT2D eigenvalue weighted by Crippen LogP contribution is -1.94. The molecule has 0 aliphatic rings. The molecule has 0 N–H and O–H groups in total. The molecule has 4 rings (SSSR count). The topological polar surface area (TPSA) is 30.2 Å².